The monoisotopic (exact) mass is 518 g/mol. The van der Waals surface area contributed by atoms with Crippen LogP contribution in [0.2, 0.25) is 0 Å². The minimum absolute atomic E-state index is 0. The van der Waals surface area contributed by atoms with Crippen molar-refractivity contribution in [3.8, 4) is 0 Å². The zero-order chi connectivity index (χ0) is 19.5. The van der Waals surface area contributed by atoms with Crippen molar-refractivity contribution in [3.05, 3.63) is 0 Å². The van der Waals surface area contributed by atoms with Gasteiger partial charge in [-0.05, 0) is 0 Å². The summed E-state index contributed by atoms with van der Waals surface area (Å²) in [5.74, 6) is -32.5. The third-order valence-corrected chi connectivity index (χ3v) is 3.13. The molecule has 1 N–H and O–H groups in total. The van der Waals surface area contributed by atoms with Crippen LogP contribution in [-0.2, 0) is 10.1 Å². The van der Waals surface area contributed by atoms with Gasteiger partial charge in [0.25, 0.3) is 0 Å². The zero-order valence-electron chi connectivity index (χ0n) is 9.59. The Kier molecular flexibility index (Phi) is 6.79. The van der Waals surface area contributed by atoms with Gasteiger partial charge in [0.15, 0.2) is 0 Å². The second-order valence-corrected chi connectivity index (χ2v) is 5.25. The van der Waals surface area contributed by atoms with Gasteiger partial charge in [-0.1, -0.05) is 0 Å². The summed E-state index contributed by atoms with van der Waals surface area (Å²) in [6, 6.07) is 0. The van der Waals surface area contributed by atoms with E-state index in [-0.39, 0.29) is 25.8 Å². The molecule has 0 bridgehead atoms. The van der Waals surface area contributed by atoms with Crippen molar-refractivity contribution in [1.29, 1.82) is 0 Å². The fourth-order valence-corrected chi connectivity index (χ4v) is 1.37. The molecule has 0 saturated heterocycles. The van der Waals surface area contributed by atoms with Crippen molar-refractivity contribution in [1.82, 2.24) is 0 Å². The summed E-state index contributed by atoms with van der Waals surface area (Å²) in [4.78, 5) is 0. The van der Waals surface area contributed by atoms with E-state index in [0.717, 1.165) is 0 Å². The molecule has 0 atom stereocenters. The summed E-state index contributed by atoms with van der Waals surface area (Å²) in [5, 5.41) is -7.52. The Morgan fingerprint density at radius 2 is 0.792 bits per heavy atom. The summed E-state index contributed by atoms with van der Waals surface area (Å²) in [7, 11) is -7.61. The summed E-state index contributed by atoms with van der Waals surface area (Å²) in [5.41, 5.74) is 0. The topological polar surface area (TPSA) is 54.4 Å². The van der Waals surface area contributed by atoms with Gasteiger partial charge in [-0.15, -0.1) is 0 Å². The first-order valence-corrected chi connectivity index (χ1v) is 5.87. The molecule has 0 aliphatic heterocycles. The van der Waals surface area contributed by atoms with E-state index in [9.17, 15) is 65.5 Å². The molecule has 0 aliphatic rings. The van der Waals surface area contributed by atoms with Crippen molar-refractivity contribution >= 4 is 36.0 Å². The number of hydrogen-bond acceptors (Lipinski definition) is 2. The van der Waals surface area contributed by atoms with Crippen LogP contribution in [0.4, 0.5) is 57.1 Å². The Labute approximate surface area is 141 Å². The molecule has 0 aromatic heterocycles. The van der Waals surface area contributed by atoms with Crippen molar-refractivity contribution in [3.63, 3.8) is 0 Å². The predicted molar refractivity (Wildman–Crippen MR) is 52.3 cm³/mol. The number of halogens is 13. The normalized spacial score (nSPS) is 15.9. The third-order valence-electron chi connectivity index (χ3n) is 2.23. The Morgan fingerprint density at radius 3 is 1.00 bits per heavy atom. The average Bonchev–Trinajstić information content (AvgIpc) is 2.24. The van der Waals surface area contributed by atoms with E-state index in [0.29, 0.717) is 0 Å². The van der Waals surface area contributed by atoms with Crippen LogP contribution in [0.15, 0.2) is 0 Å². The van der Waals surface area contributed by atoms with Crippen LogP contribution in [0.5, 0.6) is 0 Å². The van der Waals surface area contributed by atoms with E-state index in [4.69, 9.17) is 4.55 Å². The molecule has 18 heteroatoms. The standard InChI is InChI=1S/C6HF13O3S.In.3H/c7-1(8,3(11,12)5(15,16)17)2(9,10)4(13,14)6(18,19)23(20,21)22;;;;/h(H,20,21,22);;;;. The molecular formula is C6H4F13InO3S. The number of rotatable bonds is 5. The van der Waals surface area contributed by atoms with Gasteiger partial charge in [-0.25, -0.2) is 0 Å². The maximum atomic E-state index is 12.7. The Balaban J connectivity index is 0. The summed E-state index contributed by atoms with van der Waals surface area (Å²) in [6.07, 6.45) is -7.59. The van der Waals surface area contributed by atoms with Gasteiger partial charge >= 0.3 is 71.1 Å². The van der Waals surface area contributed by atoms with Gasteiger partial charge in [0.2, 0.25) is 0 Å². The molecule has 0 amide bonds. The van der Waals surface area contributed by atoms with Crippen molar-refractivity contribution in [2.75, 3.05) is 0 Å². The van der Waals surface area contributed by atoms with Gasteiger partial charge in [-0.2, -0.15) is 65.5 Å². The van der Waals surface area contributed by atoms with E-state index < -0.39 is 45.2 Å². The van der Waals surface area contributed by atoms with Crippen LogP contribution >= 0.6 is 0 Å². The van der Waals surface area contributed by atoms with E-state index in [1.165, 1.54) is 0 Å². The van der Waals surface area contributed by atoms with Crippen molar-refractivity contribution in [2.24, 2.45) is 0 Å². The van der Waals surface area contributed by atoms with Crippen LogP contribution in [0.3, 0.4) is 0 Å². The predicted octanol–water partition coefficient (Wildman–Crippen LogP) is 2.39. The summed E-state index contributed by atoms with van der Waals surface area (Å²) < 4.78 is 188. The second-order valence-electron chi connectivity index (χ2n) is 3.79. The summed E-state index contributed by atoms with van der Waals surface area (Å²) in [6.45, 7) is 0. The van der Waals surface area contributed by atoms with Crippen molar-refractivity contribution < 1.29 is 70.0 Å². The molecule has 0 rings (SSSR count). The Morgan fingerprint density at radius 1 is 0.542 bits per heavy atom. The SMILES string of the molecule is O=S(=O)(O)C(F)(F)C(F)(F)C(F)(F)C(F)(F)C(F)(F)C(F)(F)F.[InH3]. The van der Waals surface area contributed by atoms with Crippen LogP contribution in [0, 0.1) is 0 Å². The average molecular weight is 518 g/mol. The molecule has 0 aliphatic carbocycles. The van der Waals surface area contributed by atoms with Gasteiger partial charge in [0, 0.05) is 0 Å². The second kappa shape index (κ2) is 6.24. The molecule has 0 spiro atoms. The van der Waals surface area contributed by atoms with Crippen molar-refractivity contribution in [2.45, 2.75) is 35.1 Å². The third kappa shape index (κ3) is 3.28. The molecule has 0 radical (unpaired) electrons. The molecule has 0 aromatic carbocycles. The molecule has 0 saturated carbocycles. The van der Waals surface area contributed by atoms with Gasteiger partial charge in [-0.3, -0.25) is 4.55 Å². The molecule has 0 fully saturated rings. The van der Waals surface area contributed by atoms with Crippen LogP contribution in [-0.4, -0.2) is 73.9 Å². The van der Waals surface area contributed by atoms with E-state index >= 15 is 0 Å². The fourth-order valence-electron chi connectivity index (χ4n) is 0.917. The molecule has 0 unspecified atom stereocenters. The maximum absolute atomic E-state index is 12.7. The van der Waals surface area contributed by atoms with Crippen LogP contribution in [0.1, 0.15) is 0 Å². The zero-order valence-corrected chi connectivity index (χ0v) is 10.4. The first-order chi connectivity index (χ1) is 9.50. The Hall–Kier alpha value is -0.130. The van der Waals surface area contributed by atoms with E-state index in [1.54, 1.807) is 0 Å². The number of alkyl halides is 13. The molecular weight excluding hydrogens is 514 g/mol. The number of hydrogen-bond donors (Lipinski definition) is 1. The molecule has 3 nitrogen and oxygen atoms in total. The molecule has 24 heavy (non-hydrogen) atoms. The fraction of sp³-hybridized carbons (Fsp3) is 1.00. The van der Waals surface area contributed by atoms with Crippen LogP contribution in [0.25, 0.3) is 0 Å². The van der Waals surface area contributed by atoms with Gasteiger partial charge < -0.3 is 0 Å². The summed E-state index contributed by atoms with van der Waals surface area (Å²) >= 11 is 0. The van der Waals surface area contributed by atoms with Gasteiger partial charge in [0.05, 0.1) is 0 Å². The Bertz CT molecular complexity index is 565. The molecule has 0 heterocycles. The molecule has 146 valence electrons. The first-order valence-electron chi connectivity index (χ1n) is 4.43. The van der Waals surface area contributed by atoms with Gasteiger partial charge in [0.1, 0.15) is 0 Å². The van der Waals surface area contributed by atoms with E-state index in [2.05, 4.69) is 0 Å². The van der Waals surface area contributed by atoms with E-state index in [1.807, 2.05) is 0 Å². The van der Waals surface area contributed by atoms with Crippen LogP contribution < -0.4 is 0 Å². The quantitative estimate of drug-likeness (QED) is 0.450. The molecule has 0 aromatic rings. The minimum atomic E-state index is -8.25. The first kappa shape index (κ1) is 26.1.